The molecule has 0 aliphatic heterocycles. The molecule has 0 aromatic heterocycles. The van der Waals surface area contributed by atoms with Crippen LogP contribution in [0.2, 0.25) is 0 Å². The Morgan fingerprint density at radius 3 is 2.40 bits per heavy atom. The molecule has 0 heterocycles. The fourth-order valence-corrected chi connectivity index (χ4v) is 1.32. The predicted octanol–water partition coefficient (Wildman–Crippen LogP) is 0.750. The van der Waals surface area contributed by atoms with Gasteiger partial charge in [0.25, 0.3) is 0 Å². The highest BCUT2D eigenvalue weighted by Crippen LogP contribution is 2.05. The molecule has 0 radical (unpaired) electrons. The fraction of sp³-hybridized carbons (Fsp3) is 0.625. The quantitative estimate of drug-likeness (QED) is 0.386. The van der Waals surface area contributed by atoms with Gasteiger partial charge in [-0.3, -0.25) is 0 Å². The van der Waals surface area contributed by atoms with Crippen molar-refractivity contribution in [3.05, 3.63) is 12.2 Å². The normalized spacial score (nSPS) is 13.3. The van der Waals surface area contributed by atoms with Crippen LogP contribution in [-0.2, 0) is 28.3 Å². The second-order valence-electron chi connectivity index (χ2n) is 2.66. The SMILES string of the molecule is C=C(C)C(=O)OC(C)OS(=O)(=O)OCC. The largest absolute Gasteiger partial charge is 0.431 e. The van der Waals surface area contributed by atoms with Crippen LogP contribution in [0.4, 0.5) is 0 Å². The summed E-state index contributed by atoms with van der Waals surface area (Å²) in [5, 5.41) is 0. The van der Waals surface area contributed by atoms with Gasteiger partial charge in [-0.15, -0.1) is 0 Å². The zero-order valence-corrected chi connectivity index (χ0v) is 9.67. The summed E-state index contributed by atoms with van der Waals surface area (Å²) in [7, 11) is -4.11. The molecule has 0 saturated carbocycles. The minimum atomic E-state index is -4.11. The molecule has 0 rings (SSSR count). The smallest absolute Gasteiger partial charge is 0.403 e. The lowest BCUT2D eigenvalue weighted by molar-refractivity contribution is -0.156. The first-order valence-electron chi connectivity index (χ1n) is 4.22. The van der Waals surface area contributed by atoms with E-state index < -0.39 is 22.7 Å². The van der Waals surface area contributed by atoms with Crippen LogP contribution in [0.5, 0.6) is 0 Å². The van der Waals surface area contributed by atoms with Crippen molar-refractivity contribution in [3.8, 4) is 0 Å². The first-order chi connectivity index (χ1) is 6.78. The van der Waals surface area contributed by atoms with Gasteiger partial charge >= 0.3 is 16.4 Å². The molecule has 15 heavy (non-hydrogen) atoms. The average Bonchev–Trinajstić information content (AvgIpc) is 2.01. The highest BCUT2D eigenvalue weighted by molar-refractivity contribution is 7.81. The summed E-state index contributed by atoms with van der Waals surface area (Å²) in [5.41, 5.74) is 0.152. The van der Waals surface area contributed by atoms with Crippen molar-refractivity contribution in [2.24, 2.45) is 0 Å². The van der Waals surface area contributed by atoms with E-state index in [2.05, 4.69) is 19.7 Å². The number of hydrogen-bond acceptors (Lipinski definition) is 6. The van der Waals surface area contributed by atoms with Crippen molar-refractivity contribution in [2.45, 2.75) is 27.1 Å². The third kappa shape index (κ3) is 6.21. The number of carbonyl (C=O) groups is 1. The molecule has 1 atom stereocenters. The van der Waals surface area contributed by atoms with E-state index in [1.54, 1.807) is 0 Å². The molecule has 7 heteroatoms. The van der Waals surface area contributed by atoms with Crippen LogP contribution in [0.25, 0.3) is 0 Å². The first-order valence-corrected chi connectivity index (χ1v) is 5.56. The highest BCUT2D eigenvalue weighted by atomic mass is 32.3. The summed E-state index contributed by atoms with van der Waals surface area (Å²) >= 11 is 0. The standard InChI is InChI=1S/C8H14O6S/c1-5-12-15(10,11)14-7(4)13-8(9)6(2)3/h7H,2,5H2,1,3-4H3. The molecule has 88 valence electrons. The molecule has 0 aromatic rings. The van der Waals surface area contributed by atoms with Gasteiger partial charge in [0.1, 0.15) is 0 Å². The maximum Gasteiger partial charge on any atom is 0.403 e. The van der Waals surface area contributed by atoms with Gasteiger partial charge in [0.2, 0.25) is 6.29 Å². The third-order valence-corrected chi connectivity index (χ3v) is 2.17. The van der Waals surface area contributed by atoms with E-state index in [4.69, 9.17) is 0 Å². The third-order valence-electron chi connectivity index (χ3n) is 1.14. The van der Waals surface area contributed by atoms with Crippen molar-refractivity contribution < 1.29 is 26.3 Å². The first kappa shape index (κ1) is 14.1. The molecular formula is C8H14O6S. The maximum atomic E-state index is 11.0. The molecule has 6 nitrogen and oxygen atoms in total. The maximum absolute atomic E-state index is 11.0. The monoisotopic (exact) mass is 238 g/mol. The van der Waals surface area contributed by atoms with Crippen molar-refractivity contribution in [1.82, 2.24) is 0 Å². The van der Waals surface area contributed by atoms with E-state index in [1.165, 1.54) is 20.8 Å². The number of hydrogen-bond donors (Lipinski definition) is 0. The van der Waals surface area contributed by atoms with Crippen LogP contribution in [0.15, 0.2) is 12.2 Å². The summed E-state index contributed by atoms with van der Waals surface area (Å²) < 4.78 is 35.1. The molecule has 0 aromatic carbocycles. The van der Waals surface area contributed by atoms with Crippen molar-refractivity contribution >= 4 is 16.4 Å². The van der Waals surface area contributed by atoms with E-state index in [1.807, 2.05) is 0 Å². The molecule has 0 aliphatic carbocycles. The lowest BCUT2D eigenvalue weighted by atomic mass is 10.4. The highest BCUT2D eigenvalue weighted by Gasteiger charge is 2.19. The lowest BCUT2D eigenvalue weighted by Crippen LogP contribution is -2.23. The zero-order chi connectivity index (χ0) is 12.1. The van der Waals surface area contributed by atoms with Gasteiger partial charge in [0, 0.05) is 5.57 Å². The number of esters is 1. The van der Waals surface area contributed by atoms with Crippen molar-refractivity contribution in [1.29, 1.82) is 0 Å². The minimum Gasteiger partial charge on any atom is -0.431 e. The van der Waals surface area contributed by atoms with Crippen LogP contribution >= 0.6 is 0 Å². The van der Waals surface area contributed by atoms with Crippen LogP contribution in [0.1, 0.15) is 20.8 Å². The zero-order valence-electron chi connectivity index (χ0n) is 8.85. The van der Waals surface area contributed by atoms with E-state index in [-0.39, 0.29) is 12.2 Å². The fourth-order valence-electron chi connectivity index (χ4n) is 0.609. The van der Waals surface area contributed by atoms with Gasteiger partial charge in [0.15, 0.2) is 0 Å². The van der Waals surface area contributed by atoms with E-state index >= 15 is 0 Å². The van der Waals surface area contributed by atoms with Crippen molar-refractivity contribution in [2.75, 3.05) is 6.61 Å². The summed E-state index contributed by atoms with van der Waals surface area (Å²) in [4.78, 5) is 11.0. The second-order valence-corrected chi connectivity index (χ2v) is 3.91. The van der Waals surface area contributed by atoms with Crippen LogP contribution in [-0.4, -0.2) is 27.3 Å². The Morgan fingerprint density at radius 1 is 1.47 bits per heavy atom. The van der Waals surface area contributed by atoms with Gasteiger partial charge < -0.3 is 4.74 Å². The van der Waals surface area contributed by atoms with Gasteiger partial charge in [-0.25, -0.2) is 13.2 Å². The van der Waals surface area contributed by atoms with Crippen LogP contribution in [0.3, 0.4) is 0 Å². The minimum absolute atomic E-state index is 0.0521. The molecule has 0 bridgehead atoms. The molecule has 0 N–H and O–H groups in total. The van der Waals surface area contributed by atoms with Crippen molar-refractivity contribution in [3.63, 3.8) is 0 Å². The summed E-state index contributed by atoms with van der Waals surface area (Å²) in [5.74, 6) is -0.728. The molecule has 1 unspecified atom stereocenters. The van der Waals surface area contributed by atoms with Gasteiger partial charge in [-0.1, -0.05) is 6.58 Å². The Hall–Kier alpha value is -0.920. The number of ether oxygens (including phenoxy) is 1. The Morgan fingerprint density at radius 2 is 2.00 bits per heavy atom. The van der Waals surface area contributed by atoms with E-state index in [9.17, 15) is 13.2 Å². The average molecular weight is 238 g/mol. The second kappa shape index (κ2) is 5.84. The summed E-state index contributed by atoms with van der Waals surface area (Å²) in [6.45, 7) is 7.47. The van der Waals surface area contributed by atoms with E-state index in [0.29, 0.717) is 0 Å². The van der Waals surface area contributed by atoms with Gasteiger partial charge in [-0.2, -0.15) is 8.42 Å². The molecule has 0 fully saturated rings. The Kier molecular flexibility index (Phi) is 5.48. The molecule has 0 saturated heterocycles. The number of rotatable bonds is 6. The molecule has 0 aliphatic rings. The van der Waals surface area contributed by atoms with Gasteiger partial charge in [-0.05, 0) is 20.8 Å². The van der Waals surface area contributed by atoms with Crippen LogP contribution in [0, 0.1) is 0 Å². The van der Waals surface area contributed by atoms with Gasteiger partial charge in [0.05, 0.1) is 6.61 Å². The Labute approximate surface area is 89.1 Å². The molecule has 0 amide bonds. The summed E-state index contributed by atoms with van der Waals surface area (Å²) in [6.07, 6.45) is -1.24. The molecule has 0 spiro atoms. The van der Waals surface area contributed by atoms with E-state index in [0.717, 1.165) is 0 Å². The molecular weight excluding hydrogens is 224 g/mol. The topological polar surface area (TPSA) is 78.9 Å². The lowest BCUT2D eigenvalue weighted by Gasteiger charge is -2.12. The predicted molar refractivity (Wildman–Crippen MR) is 52.0 cm³/mol. The van der Waals surface area contributed by atoms with Crippen LogP contribution < -0.4 is 0 Å². The Bertz CT molecular complexity index is 331. The summed E-state index contributed by atoms with van der Waals surface area (Å²) in [6, 6.07) is 0. The number of carbonyl (C=O) groups excluding carboxylic acids is 1. The Balaban J connectivity index is 4.21.